The maximum atomic E-state index is 12.9. The predicted octanol–water partition coefficient (Wildman–Crippen LogP) is 2.57. The van der Waals surface area contributed by atoms with Crippen LogP contribution in [0.15, 0.2) is 18.2 Å². The van der Waals surface area contributed by atoms with E-state index in [1.54, 1.807) is 4.90 Å². The molecule has 0 spiro atoms. The summed E-state index contributed by atoms with van der Waals surface area (Å²) in [5, 5.41) is 8.88. The van der Waals surface area contributed by atoms with Crippen LogP contribution in [0.5, 0.6) is 5.75 Å². The van der Waals surface area contributed by atoms with Gasteiger partial charge in [0.15, 0.2) is 6.61 Å². The number of carbonyl (C=O) groups is 2. The van der Waals surface area contributed by atoms with Gasteiger partial charge in [-0.1, -0.05) is 11.6 Å². The Morgan fingerprint density at radius 3 is 2.64 bits per heavy atom. The predicted molar refractivity (Wildman–Crippen MR) is 78.5 cm³/mol. The van der Waals surface area contributed by atoms with E-state index in [1.165, 1.54) is 12.1 Å². The van der Waals surface area contributed by atoms with Gasteiger partial charge in [0.1, 0.15) is 11.6 Å². The maximum Gasteiger partial charge on any atom is 0.303 e. The van der Waals surface area contributed by atoms with Crippen molar-refractivity contribution in [3.05, 3.63) is 29.0 Å². The lowest BCUT2D eigenvalue weighted by molar-refractivity contribution is -0.139. The highest BCUT2D eigenvalue weighted by atomic mass is 35.5. The van der Waals surface area contributed by atoms with Crippen LogP contribution in [0, 0.1) is 11.7 Å². The van der Waals surface area contributed by atoms with Gasteiger partial charge in [0, 0.05) is 19.5 Å². The Hall–Kier alpha value is -1.82. The Balaban J connectivity index is 1.80. The lowest BCUT2D eigenvalue weighted by Crippen LogP contribution is -2.41. The number of nitrogens with zero attached hydrogens (tertiary/aromatic N) is 1. The van der Waals surface area contributed by atoms with Crippen molar-refractivity contribution < 1.29 is 23.8 Å². The monoisotopic (exact) mass is 329 g/mol. The van der Waals surface area contributed by atoms with Gasteiger partial charge in [-0.05, 0) is 37.0 Å². The molecule has 5 nitrogen and oxygen atoms in total. The Morgan fingerprint density at radius 1 is 1.36 bits per heavy atom. The minimum absolute atomic E-state index is 0.118. The molecule has 22 heavy (non-hydrogen) atoms. The second kappa shape index (κ2) is 7.45. The lowest BCUT2D eigenvalue weighted by Gasteiger charge is -2.31. The number of amides is 1. The number of halogens is 2. The normalized spacial score (nSPS) is 15.6. The first-order valence-electron chi connectivity index (χ1n) is 7.03. The lowest BCUT2D eigenvalue weighted by atomic mass is 9.94. The van der Waals surface area contributed by atoms with E-state index >= 15 is 0 Å². The zero-order valence-electron chi connectivity index (χ0n) is 11.9. The highest BCUT2D eigenvalue weighted by molar-refractivity contribution is 6.32. The van der Waals surface area contributed by atoms with Gasteiger partial charge in [0.25, 0.3) is 5.91 Å². The fraction of sp³-hybridized carbons (Fsp3) is 0.467. The number of aliphatic carboxylic acids is 1. The molecular formula is C15H17ClFNO4. The van der Waals surface area contributed by atoms with Crippen LogP contribution in [0.2, 0.25) is 5.02 Å². The van der Waals surface area contributed by atoms with Gasteiger partial charge >= 0.3 is 5.97 Å². The summed E-state index contributed by atoms with van der Waals surface area (Å²) in [6.45, 7) is 0.879. The number of likely N-dealkylation sites (tertiary alicyclic amines) is 1. The van der Waals surface area contributed by atoms with Crippen molar-refractivity contribution in [2.75, 3.05) is 19.7 Å². The smallest absolute Gasteiger partial charge is 0.303 e. The third kappa shape index (κ3) is 4.59. The third-order valence-electron chi connectivity index (χ3n) is 3.68. The van der Waals surface area contributed by atoms with E-state index in [0.717, 1.165) is 6.07 Å². The highest BCUT2D eigenvalue weighted by Crippen LogP contribution is 2.25. The summed E-state index contributed by atoms with van der Waals surface area (Å²) < 4.78 is 18.2. The minimum atomic E-state index is -0.806. The van der Waals surface area contributed by atoms with E-state index in [2.05, 4.69) is 0 Å². The summed E-state index contributed by atoms with van der Waals surface area (Å²) in [5.41, 5.74) is 0. The van der Waals surface area contributed by atoms with Gasteiger partial charge in [0.2, 0.25) is 0 Å². The topological polar surface area (TPSA) is 66.8 Å². The van der Waals surface area contributed by atoms with Crippen LogP contribution < -0.4 is 4.74 Å². The Bertz CT molecular complexity index is 558. The standard InChI is InChI=1S/C15H17ClFNO4/c16-12-8-11(17)1-2-13(12)22-9-14(19)18-5-3-10(4-6-18)7-15(20)21/h1-2,8,10H,3-7,9H2,(H,20,21). The first kappa shape index (κ1) is 16.5. The molecule has 0 aliphatic carbocycles. The average Bonchev–Trinajstić information content (AvgIpc) is 2.46. The molecule has 1 amide bonds. The van der Waals surface area contributed by atoms with Crippen molar-refractivity contribution in [2.45, 2.75) is 19.3 Å². The minimum Gasteiger partial charge on any atom is -0.482 e. The number of rotatable bonds is 5. The van der Waals surface area contributed by atoms with Crippen molar-refractivity contribution >= 4 is 23.5 Å². The second-order valence-electron chi connectivity index (χ2n) is 5.29. The molecule has 1 fully saturated rings. The molecule has 7 heteroatoms. The summed E-state index contributed by atoms with van der Waals surface area (Å²) in [6, 6.07) is 3.71. The zero-order chi connectivity index (χ0) is 16.1. The molecule has 0 saturated carbocycles. The van der Waals surface area contributed by atoms with E-state index in [1.807, 2.05) is 0 Å². The molecule has 1 N–H and O–H groups in total. The number of piperidine rings is 1. The summed E-state index contributed by atoms with van der Waals surface area (Å²) in [4.78, 5) is 24.4. The highest BCUT2D eigenvalue weighted by Gasteiger charge is 2.24. The largest absolute Gasteiger partial charge is 0.482 e. The fourth-order valence-electron chi connectivity index (χ4n) is 2.46. The van der Waals surface area contributed by atoms with Gasteiger partial charge in [0.05, 0.1) is 5.02 Å². The number of carboxylic acid groups (broad SMARTS) is 1. The van der Waals surface area contributed by atoms with Crippen LogP contribution in [0.3, 0.4) is 0 Å². The first-order chi connectivity index (χ1) is 10.5. The molecule has 1 aromatic carbocycles. The molecule has 1 heterocycles. The molecule has 0 aromatic heterocycles. The van der Waals surface area contributed by atoms with Crippen LogP contribution in [0.1, 0.15) is 19.3 Å². The number of hydrogen-bond donors (Lipinski definition) is 1. The number of carbonyl (C=O) groups excluding carboxylic acids is 1. The van der Waals surface area contributed by atoms with Gasteiger partial charge in [-0.2, -0.15) is 0 Å². The molecule has 0 unspecified atom stereocenters. The Morgan fingerprint density at radius 2 is 2.05 bits per heavy atom. The van der Waals surface area contributed by atoms with Crippen molar-refractivity contribution in [1.29, 1.82) is 0 Å². The SMILES string of the molecule is O=C(O)CC1CCN(C(=O)COc2ccc(F)cc2Cl)CC1. The van der Waals surface area contributed by atoms with Gasteiger partial charge in [-0.25, -0.2) is 4.39 Å². The molecule has 0 atom stereocenters. The van der Waals surface area contributed by atoms with E-state index in [-0.39, 0.29) is 35.6 Å². The molecule has 1 aromatic rings. The molecular weight excluding hydrogens is 313 g/mol. The fourth-order valence-corrected chi connectivity index (χ4v) is 2.68. The molecule has 1 aliphatic rings. The van der Waals surface area contributed by atoms with E-state index in [4.69, 9.17) is 21.4 Å². The van der Waals surface area contributed by atoms with Crippen molar-refractivity contribution in [3.8, 4) is 5.75 Å². The molecule has 1 aliphatic heterocycles. The maximum absolute atomic E-state index is 12.9. The van der Waals surface area contributed by atoms with Crippen LogP contribution in [0.25, 0.3) is 0 Å². The van der Waals surface area contributed by atoms with E-state index < -0.39 is 11.8 Å². The Labute approximate surface area is 132 Å². The summed E-state index contributed by atoms with van der Waals surface area (Å²) in [5.74, 6) is -1.08. The summed E-state index contributed by atoms with van der Waals surface area (Å²) in [6.07, 6.45) is 1.49. The van der Waals surface area contributed by atoms with Crippen molar-refractivity contribution in [3.63, 3.8) is 0 Å². The van der Waals surface area contributed by atoms with Crippen LogP contribution in [-0.4, -0.2) is 41.6 Å². The van der Waals surface area contributed by atoms with Gasteiger partial charge in [-0.3, -0.25) is 9.59 Å². The Kier molecular flexibility index (Phi) is 5.60. The third-order valence-corrected chi connectivity index (χ3v) is 3.97. The number of hydrogen-bond acceptors (Lipinski definition) is 3. The number of carboxylic acids is 1. The first-order valence-corrected chi connectivity index (χ1v) is 7.41. The quantitative estimate of drug-likeness (QED) is 0.901. The van der Waals surface area contributed by atoms with Crippen molar-refractivity contribution in [2.24, 2.45) is 5.92 Å². The summed E-state index contributed by atoms with van der Waals surface area (Å²) >= 11 is 5.82. The van der Waals surface area contributed by atoms with E-state index in [9.17, 15) is 14.0 Å². The van der Waals surface area contributed by atoms with Gasteiger partial charge in [-0.15, -0.1) is 0 Å². The van der Waals surface area contributed by atoms with Gasteiger partial charge < -0.3 is 14.7 Å². The molecule has 0 bridgehead atoms. The number of ether oxygens (including phenoxy) is 1. The average molecular weight is 330 g/mol. The molecule has 0 radical (unpaired) electrons. The molecule has 2 rings (SSSR count). The van der Waals surface area contributed by atoms with Crippen LogP contribution in [0.4, 0.5) is 4.39 Å². The van der Waals surface area contributed by atoms with E-state index in [0.29, 0.717) is 25.9 Å². The second-order valence-corrected chi connectivity index (χ2v) is 5.69. The van der Waals surface area contributed by atoms with Crippen molar-refractivity contribution in [1.82, 2.24) is 4.90 Å². The molecule has 1 saturated heterocycles. The van der Waals surface area contributed by atoms with Crippen LogP contribution >= 0.6 is 11.6 Å². The zero-order valence-corrected chi connectivity index (χ0v) is 12.7. The van der Waals surface area contributed by atoms with Crippen LogP contribution in [-0.2, 0) is 9.59 Å². The number of benzene rings is 1. The summed E-state index contributed by atoms with van der Waals surface area (Å²) in [7, 11) is 0. The molecule has 120 valence electrons.